The van der Waals surface area contributed by atoms with Gasteiger partial charge in [0.05, 0.1) is 4.90 Å². The van der Waals surface area contributed by atoms with E-state index in [9.17, 15) is 13.2 Å². The number of amides is 1. The lowest BCUT2D eigenvalue weighted by atomic mass is 9.92. The van der Waals surface area contributed by atoms with E-state index in [1.165, 1.54) is 18.2 Å². The third kappa shape index (κ3) is 3.95. The van der Waals surface area contributed by atoms with Crippen LogP contribution in [0.1, 0.15) is 30.1 Å². The summed E-state index contributed by atoms with van der Waals surface area (Å²) in [6.07, 6.45) is 2.53. The lowest BCUT2D eigenvalue weighted by Gasteiger charge is -2.34. The van der Waals surface area contributed by atoms with Gasteiger partial charge in [-0.25, -0.2) is 8.42 Å². The van der Waals surface area contributed by atoms with Crippen molar-refractivity contribution in [2.75, 3.05) is 25.2 Å². The van der Waals surface area contributed by atoms with Gasteiger partial charge in [-0.2, -0.15) is 0 Å². The molecule has 116 valence electrons. The van der Waals surface area contributed by atoms with Crippen LogP contribution in [0.15, 0.2) is 23.1 Å². The van der Waals surface area contributed by atoms with Crippen LogP contribution in [0.5, 0.6) is 0 Å². The molecule has 0 atom stereocenters. The number of carbonyl (C=O) groups excluding carboxylic acids is 1. The number of nitrogens with one attached hydrogen (secondary N) is 1. The molecule has 21 heavy (non-hydrogen) atoms. The Morgan fingerprint density at radius 3 is 2.48 bits per heavy atom. The van der Waals surface area contributed by atoms with Crippen LogP contribution in [-0.4, -0.2) is 39.3 Å². The highest BCUT2D eigenvalue weighted by molar-refractivity contribution is 7.90. The number of anilines is 1. The molecule has 1 aliphatic heterocycles. The van der Waals surface area contributed by atoms with Crippen molar-refractivity contribution in [3.8, 4) is 0 Å². The predicted octanol–water partition coefficient (Wildman–Crippen LogP) is 0.971. The number of rotatable bonds is 3. The second-order valence-corrected chi connectivity index (χ2v) is 7.71. The van der Waals surface area contributed by atoms with E-state index < -0.39 is 9.84 Å². The van der Waals surface area contributed by atoms with Crippen LogP contribution in [0.25, 0.3) is 0 Å². The molecule has 0 bridgehead atoms. The highest BCUT2D eigenvalue weighted by atomic mass is 32.2. The van der Waals surface area contributed by atoms with E-state index in [2.05, 4.69) is 5.32 Å². The highest BCUT2D eigenvalue weighted by Gasteiger charge is 2.29. The predicted molar refractivity (Wildman–Crippen MR) is 79.9 cm³/mol. The smallest absolute Gasteiger partial charge is 0.251 e. The molecule has 1 aliphatic rings. The van der Waals surface area contributed by atoms with E-state index in [1.807, 2.05) is 6.92 Å². The van der Waals surface area contributed by atoms with Gasteiger partial charge in [0.25, 0.3) is 5.91 Å². The van der Waals surface area contributed by atoms with E-state index in [-0.39, 0.29) is 27.6 Å². The molecule has 0 aromatic heterocycles. The van der Waals surface area contributed by atoms with Crippen molar-refractivity contribution in [1.82, 2.24) is 5.32 Å². The van der Waals surface area contributed by atoms with Crippen LogP contribution in [0.3, 0.4) is 0 Å². The van der Waals surface area contributed by atoms with Crippen molar-refractivity contribution in [2.24, 2.45) is 0 Å². The SMILES string of the molecule is CC1(NC(=O)c2cc(N)cc(S(C)(=O)=O)c2)CCOCC1. The quantitative estimate of drug-likeness (QED) is 0.810. The Hall–Kier alpha value is -1.60. The number of benzene rings is 1. The first-order chi connectivity index (χ1) is 9.70. The number of carbonyl (C=O) groups is 1. The topological polar surface area (TPSA) is 98.5 Å². The normalized spacial score (nSPS) is 18.2. The van der Waals surface area contributed by atoms with Gasteiger partial charge in [0, 0.05) is 36.3 Å². The first-order valence-corrected chi connectivity index (χ1v) is 8.60. The average Bonchev–Trinajstić information content (AvgIpc) is 2.37. The molecule has 1 amide bonds. The third-order valence-electron chi connectivity index (χ3n) is 3.63. The van der Waals surface area contributed by atoms with E-state index >= 15 is 0 Å². The summed E-state index contributed by atoms with van der Waals surface area (Å²) in [5.74, 6) is -0.323. The van der Waals surface area contributed by atoms with E-state index in [0.29, 0.717) is 13.2 Å². The minimum Gasteiger partial charge on any atom is -0.399 e. The fraction of sp³-hybridized carbons (Fsp3) is 0.500. The molecule has 7 heteroatoms. The minimum atomic E-state index is -3.41. The molecule has 0 aliphatic carbocycles. The maximum atomic E-state index is 12.3. The second kappa shape index (κ2) is 5.65. The minimum absolute atomic E-state index is 0.0461. The highest BCUT2D eigenvalue weighted by Crippen LogP contribution is 2.22. The van der Waals surface area contributed by atoms with Gasteiger partial charge in [-0.1, -0.05) is 0 Å². The van der Waals surface area contributed by atoms with Gasteiger partial charge in [0.15, 0.2) is 9.84 Å². The summed E-state index contributed by atoms with van der Waals surface area (Å²) in [6, 6.07) is 4.18. The molecule has 0 saturated carbocycles. The number of sulfone groups is 1. The van der Waals surface area contributed by atoms with Crippen molar-refractivity contribution >= 4 is 21.4 Å². The summed E-state index contributed by atoms with van der Waals surface area (Å²) in [4.78, 5) is 12.4. The van der Waals surface area contributed by atoms with Gasteiger partial charge in [0.2, 0.25) is 0 Å². The molecular weight excluding hydrogens is 292 g/mol. The molecular formula is C14H20N2O4S. The summed E-state index contributed by atoms with van der Waals surface area (Å²) in [5.41, 5.74) is 5.86. The Balaban J connectivity index is 2.25. The number of hydrogen-bond donors (Lipinski definition) is 2. The molecule has 0 unspecified atom stereocenters. The van der Waals surface area contributed by atoms with Gasteiger partial charge in [-0.15, -0.1) is 0 Å². The van der Waals surface area contributed by atoms with Crippen molar-refractivity contribution in [3.05, 3.63) is 23.8 Å². The first kappa shape index (κ1) is 15.8. The third-order valence-corrected chi connectivity index (χ3v) is 4.72. The summed E-state index contributed by atoms with van der Waals surface area (Å²) in [6.45, 7) is 3.15. The van der Waals surface area contributed by atoms with Crippen molar-refractivity contribution in [2.45, 2.75) is 30.2 Å². The van der Waals surface area contributed by atoms with Crippen LogP contribution in [-0.2, 0) is 14.6 Å². The molecule has 1 aromatic carbocycles. The molecule has 1 aromatic rings. The zero-order chi connectivity index (χ0) is 15.7. The lowest BCUT2D eigenvalue weighted by Crippen LogP contribution is -2.49. The summed E-state index contributed by atoms with van der Waals surface area (Å²) < 4.78 is 28.5. The average molecular weight is 312 g/mol. The van der Waals surface area contributed by atoms with Crippen LogP contribution in [0, 0.1) is 0 Å². The maximum absolute atomic E-state index is 12.3. The van der Waals surface area contributed by atoms with Crippen LogP contribution in [0.2, 0.25) is 0 Å². The summed E-state index contributed by atoms with van der Waals surface area (Å²) in [7, 11) is -3.41. The summed E-state index contributed by atoms with van der Waals surface area (Å²) in [5, 5.41) is 2.95. The summed E-state index contributed by atoms with van der Waals surface area (Å²) >= 11 is 0. The number of nitrogens with two attached hydrogens (primary N) is 1. The Labute approximate surface area is 124 Å². The number of nitrogen functional groups attached to an aromatic ring is 1. The molecule has 1 saturated heterocycles. The van der Waals surface area contributed by atoms with Crippen molar-refractivity contribution in [1.29, 1.82) is 0 Å². The molecule has 0 spiro atoms. The fourth-order valence-corrected chi connectivity index (χ4v) is 2.95. The van der Waals surface area contributed by atoms with Gasteiger partial charge in [-0.3, -0.25) is 4.79 Å². The van der Waals surface area contributed by atoms with Crippen molar-refractivity contribution < 1.29 is 17.9 Å². The number of ether oxygens (including phenoxy) is 1. The van der Waals surface area contributed by atoms with E-state index in [4.69, 9.17) is 10.5 Å². The van der Waals surface area contributed by atoms with E-state index in [1.54, 1.807) is 0 Å². The van der Waals surface area contributed by atoms with Gasteiger partial charge in [-0.05, 0) is 38.0 Å². The Morgan fingerprint density at radius 1 is 1.29 bits per heavy atom. The Morgan fingerprint density at radius 2 is 1.90 bits per heavy atom. The van der Waals surface area contributed by atoms with Crippen LogP contribution in [0.4, 0.5) is 5.69 Å². The Kier molecular flexibility index (Phi) is 4.25. The van der Waals surface area contributed by atoms with Gasteiger partial charge >= 0.3 is 0 Å². The first-order valence-electron chi connectivity index (χ1n) is 6.71. The van der Waals surface area contributed by atoms with Crippen LogP contribution >= 0.6 is 0 Å². The monoisotopic (exact) mass is 312 g/mol. The largest absolute Gasteiger partial charge is 0.399 e. The van der Waals surface area contributed by atoms with Gasteiger partial charge < -0.3 is 15.8 Å². The molecule has 1 fully saturated rings. The number of hydrogen-bond acceptors (Lipinski definition) is 5. The molecule has 6 nitrogen and oxygen atoms in total. The molecule has 3 N–H and O–H groups in total. The molecule has 0 radical (unpaired) electrons. The fourth-order valence-electron chi connectivity index (χ4n) is 2.26. The Bertz CT molecular complexity index is 649. The van der Waals surface area contributed by atoms with E-state index in [0.717, 1.165) is 19.1 Å². The zero-order valence-electron chi connectivity index (χ0n) is 12.2. The molecule has 2 rings (SSSR count). The molecule has 1 heterocycles. The van der Waals surface area contributed by atoms with Crippen molar-refractivity contribution in [3.63, 3.8) is 0 Å². The zero-order valence-corrected chi connectivity index (χ0v) is 13.0. The van der Waals surface area contributed by atoms with Crippen LogP contribution < -0.4 is 11.1 Å². The second-order valence-electron chi connectivity index (χ2n) is 5.69. The lowest BCUT2D eigenvalue weighted by molar-refractivity contribution is 0.0423. The standard InChI is InChI=1S/C14H20N2O4S/c1-14(3-5-20-6-4-14)16-13(17)10-7-11(15)9-12(8-10)21(2,18)19/h7-9H,3-6,15H2,1-2H3,(H,16,17). The van der Waals surface area contributed by atoms with Gasteiger partial charge in [0.1, 0.15) is 0 Å². The maximum Gasteiger partial charge on any atom is 0.251 e.